The lowest BCUT2D eigenvalue weighted by Crippen LogP contribution is -2.45. The first-order chi connectivity index (χ1) is 9.80. The van der Waals surface area contributed by atoms with Crippen molar-refractivity contribution in [1.29, 1.82) is 0 Å². The van der Waals surface area contributed by atoms with Gasteiger partial charge in [0, 0.05) is 11.3 Å². The Labute approximate surface area is 131 Å². The second-order valence-corrected chi connectivity index (χ2v) is 7.28. The molecule has 120 valence electrons. The van der Waals surface area contributed by atoms with Crippen LogP contribution in [0.5, 0.6) is 0 Å². The molecule has 1 heterocycles. The average Bonchev–Trinajstić information content (AvgIpc) is 2.97. The van der Waals surface area contributed by atoms with Crippen LogP contribution >= 0.6 is 11.8 Å². The molecule has 21 heavy (non-hydrogen) atoms. The lowest BCUT2D eigenvalue weighted by Gasteiger charge is -2.24. The molecular formula is C15H27N3O2S. The standard InChI is InChI=1S/C15H27N3O2S/c1-6-16-13(17-10-14(2,3)21-5)18-11-15(4,19)12-8-7-9-20-12/h7-9,19H,6,10-11H2,1-5H3,(H2,16,17,18). The van der Waals surface area contributed by atoms with Gasteiger partial charge >= 0.3 is 0 Å². The van der Waals surface area contributed by atoms with Gasteiger partial charge in [-0.2, -0.15) is 11.8 Å². The van der Waals surface area contributed by atoms with Gasteiger partial charge in [0.05, 0.1) is 19.4 Å². The highest BCUT2D eigenvalue weighted by Crippen LogP contribution is 2.21. The normalized spacial score (nSPS) is 15.6. The molecule has 0 saturated carbocycles. The quantitative estimate of drug-likeness (QED) is 0.532. The third kappa shape index (κ3) is 6.01. The third-order valence-electron chi connectivity index (χ3n) is 3.17. The molecule has 0 amide bonds. The van der Waals surface area contributed by atoms with Gasteiger partial charge in [0.25, 0.3) is 0 Å². The maximum absolute atomic E-state index is 10.4. The van der Waals surface area contributed by atoms with E-state index in [0.717, 1.165) is 6.54 Å². The molecule has 0 fully saturated rings. The summed E-state index contributed by atoms with van der Waals surface area (Å²) in [6.07, 6.45) is 3.64. The molecule has 0 bridgehead atoms. The fourth-order valence-electron chi connectivity index (χ4n) is 1.60. The van der Waals surface area contributed by atoms with Crippen molar-refractivity contribution in [2.45, 2.75) is 38.0 Å². The van der Waals surface area contributed by atoms with E-state index < -0.39 is 5.60 Å². The van der Waals surface area contributed by atoms with E-state index in [1.165, 1.54) is 0 Å². The SMILES string of the molecule is CCNC(=NCC(C)(C)SC)NCC(C)(O)c1ccco1. The van der Waals surface area contributed by atoms with Crippen LogP contribution in [0, 0.1) is 0 Å². The van der Waals surface area contributed by atoms with Crippen LogP contribution in [0.1, 0.15) is 33.5 Å². The van der Waals surface area contributed by atoms with Crippen LogP contribution in [0.4, 0.5) is 0 Å². The summed E-state index contributed by atoms with van der Waals surface area (Å²) in [5.74, 6) is 1.24. The maximum atomic E-state index is 10.4. The lowest BCUT2D eigenvalue weighted by molar-refractivity contribution is 0.0386. The van der Waals surface area contributed by atoms with Crippen LogP contribution in [-0.4, -0.2) is 41.7 Å². The molecule has 0 radical (unpaired) electrons. The summed E-state index contributed by atoms with van der Waals surface area (Å²) >= 11 is 1.78. The van der Waals surface area contributed by atoms with E-state index in [2.05, 4.69) is 35.7 Å². The molecule has 5 nitrogen and oxygen atoms in total. The van der Waals surface area contributed by atoms with Gasteiger partial charge in [0.1, 0.15) is 11.4 Å². The van der Waals surface area contributed by atoms with Crippen LogP contribution in [0.2, 0.25) is 0 Å². The molecule has 0 aliphatic rings. The van der Waals surface area contributed by atoms with Gasteiger partial charge < -0.3 is 20.2 Å². The van der Waals surface area contributed by atoms with E-state index >= 15 is 0 Å². The number of rotatable bonds is 7. The summed E-state index contributed by atoms with van der Waals surface area (Å²) in [6.45, 7) is 9.84. The Balaban J connectivity index is 2.64. The summed E-state index contributed by atoms with van der Waals surface area (Å²) in [6, 6.07) is 3.53. The minimum atomic E-state index is -1.07. The number of hydrogen-bond acceptors (Lipinski definition) is 4. The minimum Gasteiger partial charge on any atom is -0.466 e. The van der Waals surface area contributed by atoms with E-state index in [-0.39, 0.29) is 4.75 Å². The molecule has 0 saturated heterocycles. The summed E-state index contributed by atoms with van der Waals surface area (Å²) in [4.78, 5) is 4.57. The molecule has 0 aliphatic carbocycles. The van der Waals surface area contributed by atoms with E-state index in [4.69, 9.17) is 4.42 Å². The number of hydrogen-bond donors (Lipinski definition) is 3. The highest BCUT2D eigenvalue weighted by Gasteiger charge is 2.26. The zero-order chi connectivity index (χ0) is 15.9. The number of thioether (sulfide) groups is 1. The number of nitrogens with one attached hydrogen (secondary N) is 2. The van der Waals surface area contributed by atoms with Gasteiger partial charge in [-0.3, -0.25) is 4.99 Å². The number of furan rings is 1. The molecule has 1 aromatic heterocycles. The minimum absolute atomic E-state index is 0.0892. The first-order valence-electron chi connectivity index (χ1n) is 7.14. The highest BCUT2D eigenvalue weighted by atomic mass is 32.2. The molecule has 0 aromatic carbocycles. The van der Waals surface area contributed by atoms with Gasteiger partial charge in [-0.25, -0.2) is 0 Å². The fourth-order valence-corrected chi connectivity index (χ4v) is 1.80. The summed E-state index contributed by atoms with van der Waals surface area (Å²) in [7, 11) is 0. The molecule has 0 aliphatic heterocycles. The Bertz CT molecular complexity index is 442. The predicted molar refractivity (Wildman–Crippen MR) is 89.9 cm³/mol. The van der Waals surface area contributed by atoms with Crippen LogP contribution in [0.3, 0.4) is 0 Å². The molecule has 1 aromatic rings. The molecule has 1 rings (SSSR count). The fraction of sp³-hybridized carbons (Fsp3) is 0.667. The Kier molecular flexibility index (Phi) is 6.61. The lowest BCUT2D eigenvalue weighted by atomic mass is 10.0. The van der Waals surface area contributed by atoms with Gasteiger partial charge in [0.2, 0.25) is 0 Å². The molecule has 3 N–H and O–H groups in total. The van der Waals surface area contributed by atoms with Crippen molar-refractivity contribution in [3.05, 3.63) is 24.2 Å². The second-order valence-electron chi connectivity index (χ2n) is 5.76. The van der Waals surface area contributed by atoms with Crippen LogP contribution in [-0.2, 0) is 5.60 Å². The number of guanidine groups is 1. The third-order valence-corrected chi connectivity index (χ3v) is 4.40. The van der Waals surface area contributed by atoms with Crippen molar-refractivity contribution in [2.24, 2.45) is 4.99 Å². The first-order valence-corrected chi connectivity index (χ1v) is 8.37. The maximum Gasteiger partial charge on any atom is 0.191 e. The van der Waals surface area contributed by atoms with Crippen LogP contribution in [0.15, 0.2) is 27.8 Å². The summed E-state index contributed by atoms with van der Waals surface area (Å²) < 4.78 is 5.36. The van der Waals surface area contributed by atoms with Crippen molar-refractivity contribution in [2.75, 3.05) is 25.9 Å². The Morgan fingerprint density at radius 3 is 2.62 bits per heavy atom. The Hall–Kier alpha value is -1.14. The largest absolute Gasteiger partial charge is 0.466 e. The van der Waals surface area contributed by atoms with Gasteiger partial charge in [-0.15, -0.1) is 0 Å². The first kappa shape index (κ1) is 17.9. The zero-order valence-corrected chi connectivity index (χ0v) is 14.4. The monoisotopic (exact) mass is 313 g/mol. The van der Waals surface area contributed by atoms with Crippen LogP contribution < -0.4 is 10.6 Å². The van der Waals surface area contributed by atoms with Gasteiger partial charge in [-0.05, 0) is 46.1 Å². The number of nitrogens with zero attached hydrogens (tertiary/aromatic N) is 1. The molecule has 0 spiro atoms. The molecule has 6 heteroatoms. The van der Waals surface area contributed by atoms with E-state index in [1.807, 2.05) is 6.92 Å². The topological polar surface area (TPSA) is 69.8 Å². The van der Waals surface area contributed by atoms with Crippen molar-refractivity contribution >= 4 is 17.7 Å². The van der Waals surface area contributed by atoms with Crippen molar-refractivity contribution < 1.29 is 9.52 Å². The molecule has 1 unspecified atom stereocenters. The van der Waals surface area contributed by atoms with E-state index in [9.17, 15) is 5.11 Å². The van der Waals surface area contributed by atoms with Crippen molar-refractivity contribution in [1.82, 2.24) is 10.6 Å². The number of aliphatic hydroxyl groups is 1. The summed E-state index contributed by atoms with van der Waals surface area (Å²) in [5.41, 5.74) is -1.07. The van der Waals surface area contributed by atoms with E-state index in [1.54, 1.807) is 37.1 Å². The van der Waals surface area contributed by atoms with Crippen molar-refractivity contribution in [3.8, 4) is 0 Å². The Morgan fingerprint density at radius 1 is 1.38 bits per heavy atom. The zero-order valence-electron chi connectivity index (χ0n) is 13.6. The second kappa shape index (κ2) is 7.75. The highest BCUT2D eigenvalue weighted by molar-refractivity contribution is 7.99. The summed E-state index contributed by atoms with van der Waals surface area (Å²) in [5, 5.41) is 16.8. The van der Waals surface area contributed by atoms with Crippen LogP contribution in [0.25, 0.3) is 0 Å². The average molecular weight is 313 g/mol. The van der Waals surface area contributed by atoms with Crippen molar-refractivity contribution in [3.63, 3.8) is 0 Å². The smallest absolute Gasteiger partial charge is 0.191 e. The molecule has 1 atom stereocenters. The Morgan fingerprint density at radius 2 is 2.10 bits per heavy atom. The predicted octanol–water partition coefficient (Wildman–Crippen LogP) is 2.18. The molecular weight excluding hydrogens is 286 g/mol. The van der Waals surface area contributed by atoms with E-state index in [0.29, 0.717) is 24.8 Å². The van der Waals surface area contributed by atoms with Gasteiger partial charge in [0.15, 0.2) is 5.96 Å². The number of aliphatic imine (C=N–C) groups is 1. The van der Waals surface area contributed by atoms with Gasteiger partial charge in [-0.1, -0.05) is 0 Å².